The van der Waals surface area contributed by atoms with Crippen LogP contribution in [0.15, 0.2) is 42.1 Å². The van der Waals surface area contributed by atoms with Crippen molar-refractivity contribution >= 4 is 19.9 Å². The number of carboxylic acid groups (broad SMARTS) is 1. The van der Waals surface area contributed by atoms with Gasteiger partial charge in [-0.3, -0.25) is 5.32 Å². The zero-order valence-corrected chi connectivity index (χ0v) is 13.8. The molecule has 0 aromatic heterocycles. The molecule has 0 aliphatic heterocycles. The first-order chi connectivity index (χ1) is 11.0. The number of nitrogens with one attached hydrogen (secondary N) is 1. The van der Waals surface area contributed by atoms with Gasteiger partial charge in [0.25, 0.3) is 0 Å². The topological polar surface area (TPSA) is 102 Å². The van der Waals surface area contributed by atoms with Crippen molar-refractivity contribution < 1.29 is 28.7 Å². The molecule has 1 atom stereocenters. The predicted molar refractivity (Wildman–Crippen MR) is 85.8 cm³/mol. The van der Waals surface area contributed by atoms with Crippen LogP contribution in [0.4, 0.5) is 4.79 Å². The van der Waals surface area contributed by atoms with Crippen LogP contribution in [0.1, 0.15) is 12.5 Å². The van der Waals surface area contributed by atoms with Crippen LogP contribution in [-0.4, -0.2) is 36.3 Å². The van der Waals surface area contributed by atoms with E-state index in [4.69, 9.17) is 14.6 Å². The summed E-state index contributed by atoms with van der Waals surface area (Å²) in [6.45, 7) is 2.24. The Labute approximate surface area is 135 Å². The van der Waals surface area contributed by atoms with Crippen molar-refractivity contribution in [1.29, 1.82) is 0 Å². The van der Waals surface area contributed by atoms with Crippen LogP contribution in [0.25, 0.3) is 0 Å². The van der Waals surface area contributed by atoms with Gasteiger partial charge >= 0.3 is 12.1 Å². The lowest BCUT2D eigenvalue weighted by Crippen LogP contribution is -2.28. The molecule has 0 aliphatic carbocycles. The minimum Gasteiger partial charge on any atom is -0.477 e. The number of carbonyl (C=O) groups is 2. The number of ether oxygens (including phenoxy) is 2. The molecule has 2 N–H and O–H groups in total. The summed E-state index contributed by atoms with van der Waals surface area (Å²) >= 11 is 0. The number of carbonyl (C=O) groups excluding carboxylic acids is 1. The summed E-state index contributed by atoms with van der Waals surface area (Å²) < 4.78 is 21.5. The third-order valence-corrected chi connectivity index (χ3v) is 3.87. The number of hydrogen-bond donors (Lipinski definition) is 2. The van der Waals surface area contributed by atoms with Crippen molar-refractivity contribution in [2.75, 3.05) is 19.1 Å². The molecule has 7 nitrogen and oxygen atoms in total. The second-order valence-corrected chi connectivity index (χ2v) is 6.26. The number of allylic oxidation sites excluding steroid dienone is 1. The van der Waals surface area contributed by atoms with E-state index in [1.165, 1.54) is 6.08 Å². The minimum absolute atomic E-state index is 0.0283. The van der Waals surface area contributed by atoms with E-state index in [9.17, 15) is 14.2 Å². The van der Waals surface area contributed by atoms with Gasteiger partial charge in [0.05, 0.1) is 6.35 Å². The van der Waals surface area contributed by atoms with Gasteiger partial charge in [-0.2, -0.15) is 0 Å². The Morgan fingerprint density at radius 2 is 2.00 bits per heavy atom. The summed E-state index contributed by atoms with van der Waals surface area (Å²) in [5, 5.41) is 11.2. The van der Waals surface area contributed by atoms with Gasteiger partial charge in [-0.25, -0.2) is 9.59 Å². The second-order valence-electron chi connectivity index (χ2n) is 4.49. The highest BCUT2D eigenvalue weighted by Gasteiger charge is 2.13. The number of alkyl carbamates (subject to hydrolysis) is 1. The third kappa shape index (κ3) is 8.18. The molecule has 1 aromatic rings. The van der Waals surface area contributed by atoms with Crippen LogP contribution in [0, 0.1) is 0 Å². The summed E-state index contributed by atoms with van der Waals surface area (Å²) in [6.07, 6.45) is 0.438. The largest absolute Gasteiger partial charge is 0.477 e. The summed E-state index contributed by atoms with van der Waals surface area (Å²) in [6, 6.07) is 8.99. The number of amides is 1. The van der Waals surface area contributed by atoms with Crippen LogP contribution in [0.2, 0.25) is 0 Å². The smallest absolute Gasteiger partial charge is 0.412 e. The molecule has 1 amide bonds. The van der Waals surface area contributed by atoms with Gasteiger partial charge in [0.15, 0.2) is 0 Å². The van der Waals surface area contributed by atoms with E-state index in [2.05, 4.69) is 5.32 Å². The fraction of sp³-hybridized carbons (Fsp3) is 0.333. The standard InChI is InChI=1S/C15H20NO6P/c1-2-21-11-23(20)9-8-13(14(17)18)16-15(19)22-10-12-6-4-3-5-7-12/h3-8,23H,2,9-11H2,1H3,(H,16,19)(H,17,18)/b13-8-. The van der Waals surface area contributed by atoms with E-state index >= 15 is 0 Å². The molecule has 1 unspecified atom stereocenters. The van der Waals surface area contributed by atoms with Crippen molar-refractivity contribution in [1.82, 2.24) is 5.32 Å². The molecular formula is C15H20NO6P. The fourth-order valence-corrected chi connectivity index (χ4v) is 2.53. The number of benzene rings is 1. The third-order valence-electron chi connectivity index (χ3n) is 2.68. The van der Waals surface area contributed by atoms with Crippen molar-refractivity contribution in [3.63, 3.8) is 0 Å². The molecule has 0 heterocycles. The number of hydrogen-bond acceptors (Lipinski definition) is 5. The Morgan fingerprint density at radius 1 is 1.30 bits per heavy atom. The Hall–Kier alpha value is -2.11. The Morgan fingerprint density at radius 3 is 2.61 bits per heavy atom. The van der Waals surface area contributed by atoms with E-state index in [0.717, 1.165) is 5.56 Å². The van der Waals surface area contributed by atoms with Crippen LogP contribution < -0.4 is 5.32 Å². The van der Waals surface area contributed by atoms with Gasteiger partial charge in [0.2, 0.25) is 0 Å². The molecule has 0 spiro atoms. The van der Waals surface area contributed by atoms with Gasteiger partial charge in [-0.05, 0) is 18.6 Å². The second kappa shape index (κ2) is 10.6. The van der Waals surface area contributed by atoms with E-state index in [1.807, 2.05) is 6.07 Å². The summed E-state index contributed by atoms with van der Waals surface area (Å²) in [5.41, 5.74) is 0.420. The first-order valence-electron chi connectivity index (χ1n) is 7.03. The molecule has 8 heteroatoms. The molecule has 0 fully saturated rings. The van der Waals surface area contributed by atoms with Crippen LogP contribution in [0.3, 0.4) is 0 Å². The maximum atomic E-state index is 11.6. The highest BCUT2D eigenvalue weighted by Crippen LogP contribution is 2.20. The monoisotopic (exact) mass is 341 g/mol. The van der Waals surface area contributed by atoms with Gasteiger partial charge in [-0.1, -0.05) is 30.3 Å². The maximum absolute atomic E-state index is 11.6. The molecule has 0 aliphatic rings. The lowest BCUT2D eigenvalue weighted by molar-refractivity contribution is -0.133. The molecule has 0 saturated carbocycles. The lowest BCUT2D eigenvalue weighted by atomic mass is 10.2. The Kier molecular flexibility index (Phi) is 8.72. The molecule has 126 valence electrons. The molecule has 0 bridgehead atoms. The molecule has 0 radical (unpaired) electrons. The van der Waals surface area contributed by atoms with E-state index < -0.39 is 19.9 Å². The highest BCUT2D eigenvalue weighted by atomic mass is 31.1. The SMILES string of the molecule is CCOC[PH](=O)C/C=C(\NC(=O)OCc1ccccc1)C(=O)O. The molecule has 1 rings (SSSR count). The van der Waals surface area contributed by atoms with Crippen LogP contribution in [-0.2, 0) is 25.4 Å². The van der Waals surface area contributed by atoms with Gasteiger partial charge in [0.1, 0.15) is 20.1 Å². The number of rotatable bonds is 9. The average molecular weight is 341 g/mol. The Bertz CT molecular complexity index is 573. The first kappa shape index (κ1) is 18.9. The van der Waals surface area contributed by atoms with Gasteiger partial charge in [0, 0.05) is 12.8 Å². The molecule has 1 aromatic carbocycles. The summed E-state index contributed by atoms with van der Waals surface area (Å²) in [7, 11) is -2.07. The van der Waals surface area contributed by atoms with E-state index in [-0.39, 0.29) is 24.8 Å². The summed E-state index contributed by atoms with van der Waals surface area (Å²) in [4.78, 5) is 22.7. The van der Waals surface area contributed by atoms with Crippen LogP contribution >= 0.6 is 7.80 Å². The summed E-state index contributed by atoms with van der Waals surface area (Å²) in [5.74, 6) is -1.33. The zero-order chi connectivity index (χ0) is 17.1. The van der Waals surface area contributed by atoms with Crippen LogP contribution in [0.5, 0.6) is 0 Å². The maximum Gasteiger partial charge on any atom is 0.412 e. The normalized spacial score (nSPS) is 12.5. The lowest BCUT2D eigenvalue weighted by Gasteiger charge is -2.08. The van der Waals surface area contributed by atoms with Gasteiger partial charge in [-0.15, -0.1) is 0 Å². The number of aliphatic carboxylic acids is 1. The van der Waals surface area contributed by atoms with Crippen molar-refractivity contribution in [2.24, 2.45) is 0 Å². The highest BCUT2D eigenvalue weighted by molar-refractivity contribution is 7.44. The quantitative estimate of drug-likeness (QED) is 0.528. The number of carboxylic acids is 1. The molecule has 23 heavy (non-hydrogen) atoms. The first-order valence-corrected chi connectivity index (χ1v) is 8.85. The van der Waals surface area contributed by atoms with Crippen molar-refractivity contribution in [3.05, 3.63) is 47.7 Å². The van der Waals surface area contributed by atoms with E-state index in [1.54, 1.807) is 31.2 Å². The molecule has 0 saturated heterocycles. The predicted octanol–water partition coefficient (Wildman–Crippen LogP) is 2.44. The minimum atomic E-state index is -2.07. The van der Waals surface area contributed by atoms with E-state index in [0.29, 0.717) is 6.61 Å². The molecular weight excluding hydrogens is 321 g/mol. The zero-order valence-electron chi connectivity index (χ0n) is 12.8. The Balaban J connectivity index is 2.49. The fourth-order valence-electron chi connectivity index (χ4n) is 1.55. The van der Waals surface area contributed by atoms with Crippen molar-refractivity contribution in [3.8, 4) is 0 Å². The van der Waals surface area contributed by atoms with Crippen molar-refractivity contribution in [2.45, 2.75) is 13.5 Å². The van der Waals surface area contributed by atoms with Gasteiger partial charge < -0.3 is 19.1 Å². The average Bonchev–Trinajstić information content (AvgIpc) is 2.55.